The molecule has 0 heterocycles. The Morgan fingerprint density at radius 3 is 2.77 bits per heavy atom. The van der Waals surface area contributed by atoms with E-state index in [0.717, 1.165) is 6.42 Å². The van der Waals surface area contributed by atoms with Gasteiger partial charge in [0, 0.05) is 0 Å². The Labute approximate surface area is 87.1 Å². The van der Waals surface area contributed by atoms with Crippen LogP contribution in [-0.4, -0.2) is 20.7 Å². The summed E-state index contributed by atoms with van der Waals surface area (Å²) in [5.41, 5.74) is 1.60. The zero-order chi connectivity index (χ0) is 9.84. The van der Waals surface area contributed by atoms with E-state index in [1.54, 1.807) is 12.5 Å². The van der Waals surface area contributed by atoms with E-state index in [2.05, 4.69) is 12.7 Å². The number of allylic oxidation sites excluding steroid dienone is 2. The van der Waals surface area contributed by atoms with Crippen LogP contribution in [0.2, 0.25) is 5.82 Å². The molecule has 1 nitrogen and oxygen atoms in total. The number of rotatable bonds is 5. The van der Waals surface area contributed by atoms with Crippen LogP contribution in [0.15, 0.2) is 10.0 Å². The molecule has 0 radical (unpaired) electrons. The number of ketones is 1. The van der Waals surface area contributed by atoms with Crippen molar-refractivity contribution in [3.8, 4) is 0 Å². The second-order valence-electron chi connectivity index (χ2n) is 3.64. The number of carbonyl (C=O) groups excluding carboxylic acids is 1. The minimum atomic E-state index is 0.317. The van der Waals surface area contributed by atoms with Crippen molar-refractivity contribution in [2.45, 2.75) is 45.4 Å². The first-order valence-electron chi connectivity index (χ1n) is 4.97. The van der Waals surface area contributed by atoms with Gasteiger partial charge < -0.3 is 0 Å². The standard InChI is InChI=1S/C11H18OSe/c1-4-5-6-9-7-10(8(2)12)11(9)13-3/h10H,4-7H2,1-3H3. The topological polar surface area (TPSA) is 17.1 Å². The van der Waals surface area contributed by atoms with Gasteiger partial charge in [-0.05, 0) is 0 Å². The van der Waals surface area contributed by atoms with Crippen molar-refractivity contribution < 1.29 is 4.79 Å². The van der Waals surface area contributed by atoms with E-state index >= 15 is 0 Å². The molecule has 0 aromatic heterocycles. The number of hydrogen-bond donors (Lipinski definition) is 0. The second-order valence-corrected chi connectivity index (χ2v) is 5.42. The molecule has 74 valence electrons. The van der Waals surface area contributed by atoms with E-state index in [1.807, 2.05) is 0 Å². The van der Waals surface area contributed by atoms with E-state index in [1.165, 1.54) is 23.7 Å². The van der Waals surface area contributed by atoms with Crippen LogP contribution in [0.5, 0.6) is 0 Å². The van der Waals surface area contributed by atoms with Crippen LogP contribution in [0.3, 0.4) is 0 Å². The summed E-state index contributed by atoms with van der Waals surface area (Å²) in [7, 11) is 0. The van der Waals surface area contributed by atoms with Gasteiger partial charge in [-0.15, -0.1) is 0 Å². The van der Waals surface area contributed by atoms with Crippen molar-refractivity contribution in [1.82, 2.24) is 0 Å². The van der Waals surface area contributed by atoms with Crippen LogP contribution >= 0.6 is 0 Å². The SMILES string of the molecule is CCCCC1=C([Se]C)C(C(C)=O)C1. The van der Waals surface area contributed by atoms with Gasteiger partial charge in [0.1, 0.15) is 0 Å². The number of hydrogen-bond acceptors (Lipinski definition) is 1. The number of unbranched alkanes of at least 4 members (excludes halogenated alkanes) is 1. The molecule has 1 aliphatic carbocycles. The Kier molecular flexibility index (Phi) is 4.21. The molecule has 0 aliphatic heterocycles. The average molecular weight is 245 g/mol. The Balaban J connectivity index is 2.54. The normalized spacial score (nSPS) is 21.6. The molecule has 0 aromatic rings. The zero-order valence-corrected chi connectivity index (χ0v) is 10.4. The Bertz CT molecular complexity index is 230. The summed E-state index contributed by atoms with van der Waals surface area (Å²) in [6, 6.07) is 0. The molecule has 0 fully saturated rings. The Morgan fingerprint density at radius 1 is 1.62 bits per heavy atom. The van der Waals surface area contributed by atoms with Crippen LogP contribution in [0, 0.1) is 5.92 Å². The van der Waals surface area contributed by atoms with Crippen LogP contribution < -0.4 is 0 Å². The monoisotopic (exact) mass is 246 g/mol. The van der Waals surface area contributed by atoms with E-state index in [4.69, 9.17) is 0 Å². The fourth-order valence-corrected chi connectivity index (χ4v) is 3.90. The maximum atomic E-state index is 11.2. The molecule has 0 spiro atoms. The quantitative estimate of drug-likeness (QED) is 0.681. The summed E-state index contributed by atoms with van der Waals surface area (Å²) in [6.07, 6.45) is 4.86. The zero-order valence-electron chi connectivity index (χ0n) is 8.72. The van der Waals surface area contributed by atoms with Crippen molar-refractivity contribution in [2.75, 3.05) is 0 Å². The van der Waals surface area contributed by atoms with Crippen molar-refractivity contribution >= 4 is 20.7 Å². The van der Waals surface area contributed by atoms with Crippen molar-refractivity contribution in [3.63, 3.8) is 0 Å². The molecular weight excluding hydrogens is 227 g/mol. The summed E-state index contributed by atoms with van der Waals surface area (Å²) in [5.74, 6) is 2.92. The predicted octanol–water partition coefficient (Wildman–Crippen LogP) is 2.79. The van der Waals surface area contributed by atoms with Crippen LogP contribution in [0.1, 0.15) is 39.5 Å². The van der Waals surface area contributed by atoms with Gasteiger partial charge in [-0.25, -0.2) is 0 Å². The third-order valence-electron chi connectivity index (χ3n) is 2.66. The molecule has 0 bridgehead atoms. The summed E-state index contributed by atoms with van der Waals surface area (Å²) < 4.78 is 1.51. The Morgan fingerprint density at radius 2 is 2.31 bits per heavy atom. The van der Waals surface area contributed by atoms with Crippen LogP contribution in [0.4, 0.5) is 0 Å². The molecule has 0 aromatic carbocycles. The Hall–Kier alpha value is -0.0705. The summed E-state index contributed by atoms with van der Waals surface area (Å²) in [4.78, 5) is 11.2. The first-order valence-corrected chi connectivity index (χ1v) is 7.54. The van der Waals surface area contributed by atoms with Gasteiger partial charge in [-0.2, -0.15) is 0 Å². The van der Waals surface area contributed by atoms with Gasteiger partial charge in [0.15, 0.2) is 0 Å². The van der Waals surface area contributed by atoms with Crippen molar-refractivity contribution in [2.24, 2.45) is 5.92 Å². The molecule has 1 atom stereocenters. The summed E-state index contributed by atoms with van der Waals surface area (Å²) in [6.45, 7) is 3.95. The van der Waals surface area contributed by atoms with Crippen molar-refractivity contribution in [3.05, 3.63) is 10.0 Å². The van der Waals surface area contributed by atoms with E-state index < -0.39 is 0 Å². The van der Waals surface area contributed by atoms with E-state index in [9.17, 15) is 4.79 Å². The van der Waals surface area contributed by atoms with Gasteiger partial charge in [-0.1, -0.05) is 0 Å². The number of Topliss-reactive ketones (excluding diaryl/α,β-unsaturated/α-hetero) is 1. The van der Waals surface area contributed by atoms with E-state index in [0.29, 0.717) is 26.7 Å². The maximum absolute atomic E-state index is 11.2. The molecule has 13 heavy (non-hydrogen) atoms. The third-order valence-corrected chi connectivity index (χ3v) is 4.78. The molecular formula is C11H18OSe. The summed E-state index contributed by atoms with van der Waals surface area (Å²) in [5, 5.41) is 0. The van der Waals surface area contributed by atoms with Gasteiger partial charge in [0.2, 0.25) is 0 Å². The molecule has 2 heteroatoms. The fraction of sp³-hybridized carbons (Fsp3) is 0.727. The van der Waals surface area contributed by atoms with Gasteiger partial charge >= 0.3 is 86.9 Å². The number of carbonyl (C=O) groups is 1. The van der Waals surface area contributed by atoms with E-state index in [-0.39, 0.29) is 0 Å². The molecule has 0 N–H and O–H groups in total. The molecule has 0 saturated heterocycles. The molecule has 0 saturated carbocycles. The molecule has 1 rings (SSSR count). The average Bonchev–Trinajstić information content (AvgIpc) is 2.03. The summed E-state index contributed by atoms with van der Waals surface area (Å²) >= 11 is 0.553. The molecule has 0 amide bonds. The second kappa shape index (κ2) is 4.97. The first kappa shape index (κ1) is 11.0. The minimum absolute atomic E-state index is 0.317. The van der Waals surface area contributed by atoms with Gasteiger partial charge in [0.05, 0.1) is 0 Å². The predicted molar refractivity (Wildman–Crippen MR) is 57.0 cm³/mol. The van der Waals surface area contributed by atoms with Crippen LogP contribution in [0.25, 0.3) is 0 Å². The third kappa shape index (κ3) is 2.45. The fourth-order valence-electron chi connectivity index (χ4n) is 1.79. The van der Waals surface area contributed by atoms with Crippen LogP contribution in [-0.2, 0) is 4.79 Å². The van der Waals surface area contributed by atoms with Gasteiger partial charge in [0.25, 0.3) is 0 Å². The van der Waals surface area contributed by atoms with Gasteiger partial charge in [-0.3, -0.25) is 0 Å². The van der Waals surface area contributed by atoms with Crippen molar-refractivity contribution in [1.29, 1.82) is 0 Å². The molecule has 1 unspecified atom stereocenters. The first-order chi connectivity index (χ1) is 6.20. The molecule has 1 aliphatic rings.